The van der Waals surface area contributed by atoms with Crippen LogP contribution in [0.3, 0.4) is 0 Å². The van der Waals surface area contributed by atoms with E-state index in [1.54, 1.807) is 0 Å². The molecule has 19 heavy (non-hydrogen) atoms. The standard InChI is InChI=1S/C14H21N3O2/c1-9-5-3-2-4-6-12(9)17-13-11(14(18)19)7-10(15)8-16-13/h7-9,12H,2-6,15H2,1H3,(H,16,17)(H,18,19). The van der Waals surface area contributed by atoms with E-state index in [-0.39, 0.29) is 11.6 Å². The Morgan fingerprint density at radius 1 is 1.42 bits per heavy atom. The fourth-order valence-electron chi connectivity index (χ4n) is 2.64. The first-order valence-corrected chi connectivity index (χ1v) is 6.83. The molecule has 4 N–H and O–H groups in total. The Labute approximate surface area is 113 Å². The number of anilines is 2. The first-order valence-electron chi connectivity index (χ1n) is 6.83. The number of hydrogen-bond acceptors (Lipinski definition) is 4. The van der Waals surface area contributed by atoms with Crippen molar-refractivity contribution in [2.24, 2.45) is 5.92 Å². The van der Waals surface area contributed by atoms with Crippen LogP contribution < -0.4 is 11.1 Å². The van der Waals surface area contributed by atoms with E-state index in [1.807, 2.05) is 0 Å². The van der Waals surface area contributed by atoms with Gasteiger partial charge in [0.1, 0.15) is 11.4 Å². The van der Waals surface area contributed by atoms with Gasteiger partial charge in [0.25, 0.3) is 0 Å². The molecule has 1 aromatic rings. The number of rotatable bonds is 3. The number of nitrogens with one attached hydrogen (secondary N) is 1. The highest BCUT2D eigenvalue weighted by Gasteiger charge is 2.22. The Bertz CT molecular complexity index is 462. The maximum Gasteiger partial charge on any atom is 0.339 e. The fourth-order valence-corrected chi connectivity index (χ4v) is 2.64. The quantitative estimate of drug-likeness (QED) is 0.730. The average molecular weight is 263 g/mol. The van der Waals surface area contributed by atoms with Crippen LogP contribution in [0.25, 0.3) is 0 Å². The molecule has 2 unspecified atom stereocenters. The molecule has 0 radical (unpaired) electrons. The van der Waals surface area contributed by atoms with E-state index in [4.69, 9.17) is 5.73 Å². The molecule has 0 saturated heterocycles. The zero-order valence-corrected chi connectivity index (χ0v) is 11.2. The molecule has 2 atom stereocenters. The van der Waals surface area contributed by atoms with Gasteiger partial charge in [0.05, 0.1) is 11.9 Å². The highest BCUT2D eigenvalue weighted by Crippen LogP contribution is 2.27. The molecular weight excluding hydrogens is 242 g/mol. The molecule has 1 aliphatic rings. The van der Waals surface area contributed by atoms with Gasteiger partial charge in [-0.05, 0) is 24.8 Å². The van der Waals surface area contributed by atoms with Crippen molar-refractivity contribution < 1.29 is 9.90 Å². The van der Waals surface area contributed by atoms with E-state index < -0.39 is 5.97 Å². The number of nitrogen functional groups attached to an aromatic ring is 1. The lowest BCUT2D eigenvalue weighted by Gasteiger charge is -2.24. The number of carboxylic acid groups (broad SMARTS) is 1. The zero-order chi connectivity index (χ0) is 13.8. The minimum Gasteiger partial charge on any atom is -0.478 e. The van der Waals surface area contributed by atoms with Crippen molar-refractivity contribution in [1.82, 2.24) is 4.98 Å². The number of aromatic carboxylic acids is 1. The Hall–Kier alpha value is -1.78. The van der Waals surface area contributed by atoms with Crippen LogP contribution in [-0.4, -0.2) is 22.1 Å². The molecule has 2 rings (SSSR count). The van der Waals surface area contributed by atoms with Crippen molar-refractivity contribution in [1.29, 1.82) is 0 Å². The predicted molar refractivity (Wildman–Crippen MR) is 75.3 cm³/mol. The summed E-state index contributed by atoms with van der Waals surface area (Å²) in [5.74, 6) is -0.0347. The summed E-state index contributed by atoms with van der Waals surface area (Å²) in [6.07, 6.45) is 7.42. The minimum atomic E-state index is -0.997. The lowest BCUT2D eigenvalue weighted by Crippen LogP contribution is -2.27. The number of carbonyl (C=O) groups is 1. The molecule has 5 heteroatoms. The van der Waals surface area contributed by atoms with Gasteiger partial charge in [-0.1, -0.05) is 26.2 Å². The van der Waals surface area contributed by atoms with Crippen LogP contribution >= 0.6 is 0 Å². The molecule has 0 bridgehead atoms. The van der Waals surface area contributed by atoms with Crippen LogP contribution in [-0.2, 0) is 0 Å². The summed E-state index contributed by atoms with van der Waals surface area (Å²) in [7, 11) is 0. The lowest BCUT2D eigenvalue weighted by molar-refractivity contribution is 0.0697. The third-order valence-corrected chi connectivity index (χ3v) is 3.82. The molecule has 1 heterocycles. The van der Waals surface area contributed by atoms with Gasteiger partial charge in [-0.15, -0.1) is 0 Å². The van der Waals surface area contributed by atoms with Gasteiger partial charge in [0, 0.05) is 6.04 Å². The smallest absolute Gasteiger partial charge is 0.339 e. The molecule has 0 aliphatic heterocycles. The maximum atomic E-state index is 11.2. The second kappa shape index (κ2) is 5.91. The first kappa shape index (κ1) is 13.6. The highest BCUT2D eigenvalue weighted by atomic mass is 16.4. The van der Waals surface area contributed by atoms with Gasteiger partial charge in [-0.3, -0.25) is 0 Å². The molecule has 1 aliphatic carbocycles. The van der Waals surface area contributed by atoms with Crippen molar-refractivity contribution in [3.63, 3.8) is 0 Å². The number of pyridine rings is 1. The maximum absolute atomic E-state index is 11.2. The summed E-state index contributed by atoms with van der Waals surface area (Å²) < 4.78 is 0. The second-order valence-electron chi connectivity index (χ2n) is 5.34. The monoisotopic (exact) mass is 263 g/mol. The Morgan fingerprint density at radius 3 is 2.89 bits per heavy atom. The highest BCUT2D eigenvalue weighted by molar-refractivity contribution is 5.94. The summed E-state index contributed by atoms with van der Waals surface area (Å²) in [6, 6.07) is 1.75. The Balaban J connectivity index is 2.19. The molecule has 1 saturated carbocycles. The molecule has 0 amide bonds. The summed E-state index contributed by atoms with van der Waals surface area (Å²) in [5, 5.41) is 12.5. The fraction of sp³-hybridized carbons (Fsp3) is 0.571. The van der Waals surface area contributed by atoms with Crippen LogP contribution in [0.2, 0.25) is 0 Å². The molecular formula is C14H21N3O2. The number of aromatic nitrogens is 1. The van der Waals surface area contributed by atoms with Crippen LogP contribution in [0.4, 0.5) is 11.5 Å². The zero-order valence-electron chi connectivity index (χ0n) is 11.2. The van der Waals surface area contributed by atoms with E-state index in [2.05, 4.69) is 17.2 Å². The lowest BCUT2D eigenvalue weighted by atomic mass is 9.97. The van der Waals surface area contributed by atoms with Gasteiger partial charge in [0.15, 0.2) is 0 Å². The Morgan fingerprint density at radius 2 is 2.16 bits per heavy atom. The van der Waals surface area contributed by atoms with Crippen LogP contribution in [0.5, 0.6) is 0 Å². The van der Waals surface area contributed by atoms with E-state index in [1.165, 1.54) is 37.9 Å². The summed E-state index contributed by atoms with van der Waals surface area (Å²) in [6.45, 7) is 2.21. The number of nitrogens with zero attached hydrogens (tertiary/aromatic N) is 1. The summed E-state index contributed by atoms with van der Waals surface area (Å²) in [4.78, 5) is 15.4. The van der Waals surface area contributed by atoms with Gasteiger partial charge >= 0.3 is 5.97 Å². The van der Waals surface area contributed by atoms with Crippen LogP contribution in [0.1, 0.15) is 49.4 Å². The molecule has 0 spiro atoms. The third kappa shape index (κ3) is 3.36. The first-order chi connectivity index (χ1) is 9.08. The molecule has 5 nitrogen and oxygen atoms in total. The predicted octanol–water partition coefficient (Wildman–Crippen LogP) is 2.74. The third-order valence-electron chi connectivity index (χ3n) is 3.82. The van der Waals surface area contributed by atoms with Crippen molar-refractivity contribution >= 4 is 17.5 Å². The van der Waals surface area contributed by atoms with Crippen molar-refractivity contribution in [3.8, 4) is 0 Å². The molecule has 104 valence electrons. The molecule has 0 aromatic carbocycles. The summed E-state index contributed by atoms with van der Waals surface area (Å²) in [5.41, 5.74) is 6.12. The summed E-state index contributed by atoms with van der Waals surface area (Å²) >= 11 is 0. The Kier molecular flexibility index (Phi) is 4.24. The van der Waals surface area contributed by atoms with Crippen molar-refractivity contribution in [2.45, 2.75) is 45.1 Å². The average Bonchev–Trinajstić information content (AvgIpc) is 2.57. The van der Waals surface area contributed by atoms with Gasteiger partial charge in [0.2, 0.25) is 0 Å². The van der Waals surface area contributed by atoms with Crippen LogP contribution in [0.15, 0.2) is 12.3 Å². The van der Waals surface area contributed by atoms with Gasteiger partial charge in [-0.25, -0.2) is 9.78 Å². The van der Waals surface area contributed by atoms with Gasteiger partial charge < -0.3 is 16.2 Å². The number of nitrogens with two attached hydrogens (primary N) is 1. The van der Waals surface area contributed by atoms with Gasteiger partial charge in [-0.2, -0.15) is 0 Å². The minimum absolute atomic E-state index is 0.149. The van der Waals surface area contributed by atoms with E-state index >= 15 is 0 Å². The van der Waals surface area contributed by atoms with E-state index in [0.717, 1.165) is 6.42 Å². The topological polar surface area (TPSA) is 88.2 Å². The van der Waals surface area contributed by atoms with Crippen molar-refractivity contribution in [2.75, 3.05) is 11.1 Å². The molecule has 1 fully saturated rings. The number of carboxylic acids is 1. The molecule has 1 aromatic heterocycles. The van der Waals surface area contributed by atoms with Crippen LogP contribution in [0, 0.1) is 5.92 Å². The normalized spacial score (nSPS) is 23.6. The largest absolute Gasteiger partial charge is 0.478 e. The van der Waals surface area contributed by atoms with E-state index in [9.17, 15) is 9.90 Å². The van der Waals surface area contributed by atoms with Crippen molar-refractivity contribution in [3.05, 3.63) is 17.8 Å². The number of hydrogen-bond donors (Lipinski definition) is 3. The SMILES string of the molecule is CC1CCCCCC1Nc1ncc(N)cc1C(=O)O. The second-order valence-corrected chi connectivity index (χ2v) is 5.34. The van der Waals surface area contributed by atoms with E-state index in [0.29, 0.717) is 17.4 Å².